The summed E-state index contributed by atoms with van der Waals surface area (Å²) in [5.74, 6) is 3.27. The zero-order valence-electron chi connectivity index (χ0n) is 11.6. The van der Waals surface area contributed by atoms with E-state index in [0.717, 1.165) is 12.2 Å². The SMILES string of the molecule is C#CCN(CC1CC1)C(=O)c1ccc(N(C)C)cc1. The van der Waals surface area contributed by atoms with Crippen LogP contribution < -0.4 is 4.90 Å². The van der Waals surface area contributed by atoms with Crippen LogP contribution in [0.25, 0.3) is 0 Å². The first-order chi connectivity index (χ1) is 9.11. The summed E-state index contributed by atoms with van der Waals surface area (Å²) in [5, 5.41) is 0. The van der Waals surface area contributed by atoms with Crippen LogP contribution in [0, 0.1) is 18.3 Å². The van der Waals surface area contributed by atoms with Crippen molar-refractivity contribution >= 4 is 11.6 Å². The minimum absolute atomic E-state index is 0.0372. The summed E-state index contributed by atoms with van der Waals surface area (Å²) < 4.78 is 0. The van der Waals surface area contributed by atoms with Crippen molar-refractivity contribution in [1.29, 1.82) is 0 Å². The maximum Gasteiger partial charge on any atom is 0.254 e. The van der Waals surface area contributed by atoms with Gasteiger partial charge in [-0.25, -0.2) is 0 Å². The third kappa shape index (κ3) is 3.51. The van der Waals surface area contributed by atoms with Gasteiger partial charge in [0.05, 0.1) is 6.54 Å². The fourth-order valence-electron chi connectivity index (χ4n) is 2.03. The molecule has 1 aromatic carbocycles. The molecule has 1 amide bonds. The molecule has 19 heavy (non-hydrogen) atoms. The highest BCUT2D eigenvalue weighted by Gasteiger charge is 2.26. The summed E-state index contributed by atoms with van der Waals surface area (Å²) >= 11 is 0. The van der Waals surface area contributed by atoms with E-state index in [4.69, 9.17) is 6.42 Å². The summed E-state index contributed by atoms with van der Waals surface area (Å²) in [4.78, 5) is 16.2. The Balaban J connectivity index is 2.09. The average molecular weight is 256 g/mol. The van der Waals surface area contributed by atoms with E-state index in [1.165, 1.54) is 12.8 Å². The third-order valence-corrected chi connectivity index (χ3v) is 3.38. The van der Waals surface area contributed by atoms with Gasteiger partial charge in [0.25, 0.3) is 5.91 Å². The molecule has 0 unspecified atom stereocenters. The Kier molecular flexibility index (Phi) is 4.11. The summed E-state index contributed by atoms with van der Waals surface area (Å²) in [7, 11) is 3.96. The molecule has 1 fully saturated rings. The first-order valence-corrected chi connectivity index (χ1v) is 6.62. The molecule has 0 heterocycles. The zero-order valence-corrected chi connectivity index (χ0v) is 11.6. The van der Waals surface area contributed by atoms with Crippen molar-refractivity contribution in [2.24, 2.45) is 5.92 Å². The molecule has 0 atom stereocenters. The van der Waals surface area contributed by atoms with E-state index in [1.807, 2.05) is 43.3 Å². The Bertz CT molecular complexity index is 480. The number of terminal acetylenes is 1. The number of carbonyl (C=O) groups is 1. The molecule has 3 nitrogen and oxygen atoms in total. The molecule has 100 valence electrons. The Morgan fingerprint density at radius 2 is 1.95 bits per heavy atom. The van der Waals surface area contributed by atoms with Crippen molar-refractivity contribution in [1.82, 2.24) is 4.90 Å². The first kappa shape index (κ1) is 13.5. The molecular formula is C16H20N2O. The van der Waals surface area contributed by atoms with Crippen LogP contribution in [0.4, 0.5) is 5.69 Å². The second kappa shape index (κ2) is 5.79. The van der Waals surface area contributed by atoms with Crippen molar-refractivity contribution in [3.63, 3.8) is 0 Å². The van der Waals surface area contributed by atoms with Gasteiger partial charge in [0, 0.05) is 31.9 Å². The van der Waals surface area contributed by atoms with Gasteiger partial charge in [-0.1, -0.05) is 5.92 Å². The highest BCUT2D eigenvalue weighted by atomic mass is 16.2. The number of hydrogen-bond acceptors (Lipinski definition) is 2. The molecule has 0 spiro atoms. The third-order valence-electron chi connectivity index (χ3n) is 3.38. The highest BCUT2D eigenvalue weighted by molar-refractivity contribution is 5.94. The van der Waals surface area contributed by atoms with Crippen LogP contribution in [0.15, 0.2) is 24.3 Å². The van der Waals surface area contributed by atoms with Gasteiger partial charge in [-0.15, -0.1) is 6.42 Å². The number of rotatable bonds is 5. The van der Waals surface area contributed by atoms with E-state index in [2.05, 4.69) is 5.92 Å². The second-order valence-corrected chi connectivity index (χ2v) is 5.27. The normalized spacial score (nSPS) is 13.7. The Morgan fingerprint density at radius 1 is 1.32 bits per heavy atom. The summed E-state index contributed by atoms with van der Waals surface area (Å²) in [6.07, 6.45) is 7.79. The molecule has 0 aliphatic heterocycles. The van der Waals surface area contributed by atoms with Gasteiger partial charge in [0.15, 0.2) is 0 Å². The van der Waals surface area contributed by atoms with Crippen LogP contribution in [-0.2, 0) is 0 Å². The molecule has 0 N–H and O–H groups in total. The van der Waals surface area contributed by atoms with Crippen molar-refractivity contribution < 1.29 is 4.79 Å². The molecule has 0 bridgehead atoms. The Hall–Kier alpha value is -1.95. The monoisotopic (exact) mass is 256 g/mol. The summed E-state index contributed by atoms with van der Waals surface area (Å²) in [6.45, 7) is 1.18. The molecular weight excluding hydrogens is 236 g/mol. The van der Waals surface area contributed by atoms with Crippen molar-refractivity contribution in [3.8, 4) is 12.3 Å². The van der Waals surface area contributed by atoms with E-state index in [0.29, 0.717) is 18.0 Å². The van der Waals surface area contributed by atoms with E-state index in [1.54, 1.807) is 4.90 Å². The predicted molar refractivity (Wildman–Crippen MR) is 78.2 cm³/mol. The number of anilines is 1. The molecule has 0 aromatic heterocycles. The van der Waals surface area contributed by atoms with Crippen LogP contribution >= 0.6 is 0 Å². The molecule has 1 saturated carbocycles. The minimum atomic E-state index is 0.0372. The van der Waals surface area contributed by atoms with Crippen LogP contribution in [0.5, 0.6) is 0 Å². The number of benzene rings is 1. The lowest BCUT2D eigenvalue weighted by Crippen LogP contribution is -2.33. The maximum absolute atomic E-state index is 12.4. The van der Waals surface area contributed by atoms with Gasteiger partial charge >= 0.3 is 0 Å². The molecule has 2 rings (SSSR count). The number of hydrogen-bond donors (Lipinski definition) is 0. The largest absolute Gasteiger partial charge is 0.378 e. The molecule has 1 aliphatic carbocycles. The van der Waals surface area contributed by atoms with Gasteiger partial charge in [-0.3, -0.25) is 4.79 Å². The van der Waals surface area contributed by atoms with Crippen LogP contribution in [0.3, 0.4) is 0 Å². The Morgan fingerprint density at radius 3 is 2.42 bits per heavy atom. The van der Waals surface area contributed by atoms with Gasteiger partial charge in [0.2, 0.25) is 0 Å². The van der Waals surface area contributed by atoms with E-state index >= 15 is 0 Å². The van der Waals surface area contributed by atoms with Crippen molar-refractivity contribution in [2.75, 3.05) is 32.1 Å². The van der Waals surface area contributed by atoms with E-state index in [9.17, 15) is 4.79 Å². The smallest absolute Gasteiger partial charge is 0.254 e. The van der Waals surface area contributed by atoms with Crippen molar-refractivity contribution in [3.05, 3.63) is 29.8 Å². The fourth-order valence-corrected chi connectivity index (χ4v) is 2.03. The predicted octanol–water partition coefficient (Wildman–Crippen LogP) is 2.24. The molecule has 0 saturated heterocycles. The topological polar surface area (TPSA) is 23.6 Å². The highest BCUT2D eigenvalue weighted by Crippen LogP contribution is 2.30. The lowest BCUT2D eigenvalue weighted by molar-refractivity contribution is 0.0770. The Labute approximate surface area is 115 Å². The fraction of sp³-hybridized carbons (Fsp3) is 0.438. The van der Waals surface area contributed by atoms with Crippen LogP contribution in [0.1, 0.15) is 23.2 Å². The standard InChI is InChI=1S/C16H20N2O/c1-4-11-18(12-13-5-6-13)16(19)14-7-9-15(10-8-14)17(2)3/h1,7-10,13H,5-6,11-12H2,2-3H3. The van der Waals surface area contributed by atoms with Crippen LogP contribution in [-0.4, -0.2) is 38.0 Å². The second-order valence-electron chi connectivity index (χ2n) is 5.27. The zero-order chi connectivity index (χ0) is 13.8. The van der Waals surface area contributed by atoms with Gasteiger partial charge in [-0.2, -0.15) is 0 Å². The molecule has 1 aliphatic rings. The van der Waals surface area contributed by atoms with E-state index < -0.39 is 0 Å². The minimum Gasteiger partial charge on any atom is -0.378 e. The summed E-state index contributed by atoms with van der Waals surface area (Å²) in [6, 6.07) is 7.65. The number of amides is 1. The van der Waals surface area contributed by atoms with Crippen molar-refractivity contribution in [2.45, 2.75) is 12.8 Å². The molecule has 0 radical (unpaired) electrons. The van der Waals surface area contributed by atoms with Gasteiger partial charge in [0.1, 0.15) is 0 Å². The maximum atomic E-state index is 12.4. The molecule has 3 heteroatoms. The number of nitrogens with zero attached hydrogens (tertiary/aromatic N) is 2. The molecule has 1 aromatic rings. The first-order valence-electron chi connectivity index (χ1n) is 6.62. The van der Waals surface area contributed by atoms with Crippen LogP contribution in [0.2, 0.25) is 0 Å². The van der Waals surface area contributed by atoms with Gasteiger partial charge in [-0.05, 0) is 43.0 Å². The summed E-state index contributed by atoms with van der Waals surface area (Å²) in [5.41, 5.74) is 1.80. The quantitative estimate of drug-likeness (QED) is 0.754. The lowest BCUT2D eigenvalue weighted by Gasteiger charge is -2.20. The van der Waals surface area contributed by atoms with Gasteiger partial charge < -0.3 is 9.80 Å². The lowest BCUT2D eigenvalue weighted by atomic mass is 10.1. The van der Waals surface area contributed by atoms with E-state index in [-0.39, 0.29) is 5.91 Å². The number of carbonyl (C=O) groups excluding carboxylic acids is 1. The average Bonchev–Trinajstić information content (AvgIpc) is 3.21.